The molecule has 1 heterocycles. The first-order valence-corrected chi connectivity index (χ1v) is 18.1. The fourth-order valence-corrected chi connectivity index (χ4v) is 7.16. The van der Waals surface area contributed by atoms with E-state index in [0.29, 0.717) is 5.75 Å². The van der Waals surface area contributed by atoms with E-state index in [0.717, 1.165) is 55.2 Å². The smallest absolute Gasteiger partial charge is 0.230 e. The quantitative estimate of drug-likeness (QED) is 0.0750. The second-order valence-corrected chi connectivity index (χ2v) is 18.4. The van der Waals surface area contributed by atoms with E-state index < -0.39 is 8.32 Å². The zero-order chi connectivity index (χ0) is 29.8. The Morgan fingerprint density at radius 1 is 1.27 bits per heavy atom. The van der Waals surface area contributed by atoms with Crippen molar-refractivity contribution in [2.24, 2.45) is 11.8 Å². The highest BCUT2D eigenvalue weighted by molar-refractivity contribution is 6.74. The molecule has 5 atom stereocenters. The van der Waals surface area contributed by atoms with E-state index in [-0.39, 0.29) is 53.4 Å². The number of rotatable bonds is 13. The number of carbonyl (C=O) groups is 1. The zero-order valence-corrected chi connectivity index (χ0v) is 27.4. The highest BCUT2D eigenvalue weighted by atomic mass is 28.4. The summed E-state index contributed by atoms with van der Waals surface area (Å²) in [6, 6.07) is 4.01. The Hall–Kier alpha value is -2.09. The predicted octanol–water partition coefficient (Wildman–Crippen LogP) is 7.55. The number of unbranched alkanes of at least 4 members (excludes halogenated alkanes) is 2. The number of amides is 1. The van der Waals surface area contributed by atoms with Crippen molar-refractivity contribution in [1.29, 1.82) is 0 Å². The van der Waals surface area contributed by atoms with Gasteiger partial charge in [0.25, 0.3) is 0 Å². The van der Waals surface area contributed by atoms with E-state index in [1.165, 1.54) is 5.57 Å². The summed E-state index contributed by atoms with van der Waals surface area (Å²) < 4.78 is 12.9. The Bertz CT molecular complexity index is 1090. The molecule has 40 heavy (non-hydrogen) atoms. The number of phenols is 1. The van der Waals surface area contributed by atoms with Gasteiger partial charge in [0.05, 0.1) is 18.2 Å². The molecule has 0 radical (unpaired) electrons. The number of hydrogen-bond acceptors (Lipinski definition) is 5. The van der Waals surface area contributed by atoms with Gasteiger partial charge in [0.15, 0.2) is 8.32 Å². The largest absolute Gasteiger partial charge is 0.507 e. The van der Waals surface area contributed by atoms with Crippen LogP contribution in [-0.4, -0.2) is 38.3 Å². The molecule has 0 spiro atoms. The number of phenolic OH excluding ortho intramolecular Hbond substituents is 1. The Morgan fingerprint density at radius 3 is 2.58 bits per heavy atom. The first-order chi connectivity index (χ1) is 18.7. The van der Waals surface area contributed by atoms with Gasteiger partial charge >= 0.3 is 0 Å². The van der Waals surface area contributed by atoms with Crippen LogP contribution in [0.5, 0.6) is 11.5 Å². The Kier molecular flexibility index (Phi) is 10.7. The number of carbonyl (C=O) groups excluding carboxylic acids is 1. The van der Waals surface area contributed by atoms with Crippen LogP contribution in [0.15, 0.2) is 35.9 Å². The number of aromatic hydroxyl groups is 1. The van der Waals surface area contributed by atoms with Crippen molar-refractivity contribution >= 4 is 14.2 Å². The minimum Gasteiger partial charge on any atom is -0.507 e. The molecule has 3 rings (SSSR count). The molecule has 1 aromatic rings. The summed E-state index contributed by atoms with van der Waals surface area (Å²) in [5.74, 6) is 0.987. The third-order valence-corrected chi connectivity index (χ3v) is 13.8. The first kappa shape index (κ1) is 32.4. The molecule has 0 bridgehead atoms. The van der Waals surface area contributed by atoms with Crippen LogP contribution in [0.1, 0.15) is 97.6 Å². The average Bonchev–Trinajstić information content (AvgIpc) is 2.82. The maximum Gasteiger partial charge on any atom is 0.230 e. The summed E-state index contributed by atoms with van der Waals surface area (Å²) in [7, 11) is -2.01. The van der Waals surface area contributed by atoms with Crippen molar-refractivity contribution in [2.75, 3.05) is 6.73 Å². The monoisotopic (exact) mass is 570 g/mol. The molecule has 224 valence electrons. The maximum absolute atomic E-state index is 12.6. The molecule has 1 aliphatic heterocycles. The Balaban J connectivity index is 1.80. The van der Waals surface area contributed by atoms with E-state index in [4.69, 9.17) is 9.16 Å². The summed E-state index contributed by atoms with van der Waals surface area (Å²) in [6.45, 7) is 24.0. The lowest BCUT2D eigenvalue weighted by atomic mass is 9.73. The van der Waals surface area contributed by atoms with Crippen LogP contribution in [0.25, 0.3) is 0 Å². The predicted molar refractivity (Wildman–Crippen MR) is 167 cm³/mol. The summed E-state index contributed by atoms with van der Waals surface area (Å²) >= 11 is 0. The van der Waals surface area contributed by atoms with Gasteiger partial charge in [-0.2, -0.15) is 0 Å². The third-order valence-electron chi connectivity index (χ3n) is 9.25. The fraction of sp³-hybridized carbons (Fsp3) is 0.667. The molecule has 0 saturated carbocycles. The van der Waals surface area contributed by atoms with Gasteiger partial charge in [-0.1, -0.05) is 64.3 Å². The average molecular weight is 571 g/mol. The molecule has 0 aromatic heterocycles. The first-order valence-electron chi connectivity index (χ1n) is 15.2. The number of β-lactam (4-membered cyclic amide) rings is 1. The molecule has 1 aliphatic carbocycles. The lowest BCUT2D eigenvalue weighted by Crippen LogP contribution is -2.69. The highest BCUT2D eigenvalue weighted by Crippen LogP contribution is 2.47. The van der Waals surface area contributed by atoms with Gasteiger partial charge in [-0.15, -0.1) is 0 Å². The Morgan fingerprint density at radius 2 is 1.98 bits per heavy atom. The van der Waals surface area contributed by atoms with Crippen molar-refractivity contribution in [3.63, 3.8) is 0 Å². The minimum absolute atomic E-state index is 0.00656. The molecule has 2 aliphatic rings. The standard InChI is InChI=1S/C33H54N2O4Si/c1-11-12-13-14-24-18-27(36)30(26-17-22(4)15-16-25(26)21(2)3)28(19-24)38-20-34-31-29(32(37)35-31)23(5)39-40(9,10)33(6,7)8/h17-19,23,25-26,29,31,34,36H,2,11-16,20H2,1,3-10H3,(H,35,37)/t23-,25+,26-,29-,31?/m1/s1. The number of ether oxygens (including phenoxy) is 1. The van der Waals surface area contributed by atoms with Gasteiger partial charge in [-0.3, -0.25) is 10.1 Å². The van der Waals surface area contributed by atoms with Crippen molar-refractivity contribution in [1.82, 2.24) is 10.6 Å². The second-order valence-electron chi connectivity index (χ2n) is 13.6. The van der Waals surface area contributed by atoms with Gasteiger partial charge in [-0.05, 0) is 88.2 Å². The van der Waals surface area contributed by atoms with Crippen LogP contribution in [-0.2, 0) is 15.6 Å². The fourth-order valence-electron chi connectivity index (χ4n) is 5.73. The Labute approximate surface area is 244 Å². The van der Waals surface area contributed by atoms with E-state index in [9.17, 15) is 9.90 Å². The number of allylic oxidation sites excluding steroid dienone is 3. The van der Waals surface area contributed by atoms with Crippen LogP contribution in [0.3, 0.4) is 0 Å². The molecule has 3 N–H and O–H groups in total. The van der Waals surface area contributed by atoms with Crippen molar-refractivity contribution < 1.29 is 19.1 Å². The number of aryl methyl sites for hydroxylation is 1. The van der Waals surface area contributed by atoms with E-state index in [2.05, 4.69) is 84.0 Å². The molecule has 1 fully saturated rings. The van der Waals surface area contributed by atoms with Crippen LogP contribution in [0.4, 0.5) is 0 Å². The second kappa shape index (κ2) is 13.3. The molecule has 1 aromatic carbocycles. The van der Waals surface area contributed by atoms with E-state index in [1.807, 2.05) is 13.0 Å². The number of benzene rings is 1. The molecular formula is C33H54N2O4Si. The maximum atomic E-state index is 12.6. The summed E-state index contributed by atoms with van der Waals surface area (Å²) in [6.07, 6.45) is 8.19. The van der Waals surface area contributed by atoms with Crippen LogP contribution >= 0.6 is 0 Å². The van der Waals surface area contributed by atoms with Gasteiger partial charge in [0, 0.05) is 11.5 Å². The van der Waals surface area contributed by atoms with E-state index >= 15 is 0 Å². The number of hydrogen-bond donors (Lipinski definition) is 3. The number of nitrogens with one attached hydrogen (secondary N) is 2. The molecule has 1 amide bonds. The third kappa shape index (κ3) is 7.59. The lowest BCUT2D eigenvalue weighted by molar-refractivity contribution is -0.141. The van der Waals surface area contributed by atoms with Crippen LogP contribution in [0, 0.1) is 11.8 Å². The normalized spacial score (nSPS) is 24.1. The topological polar surface area (TPSA) is 79.8 Å². The summed E-state index contributed by atoms with van der Waals surface area (Å²) in [4.78, 5) is 12.6. The SMILES string of the molecule is C=C(C)[C@@H]1CCC(C)=C[C@H]1c1c(O)cc(CCCCC)cc1OCNC1NC(=O)[C@@H]1[C@@H](C)O[Si](C)(C)C(C)(C)C. The van der Waals surface area contributed by atoms with Crippen LogP contribution < -0.4 is 15.4 Å². The van der Waals surface area contributed by atoms with Crippen molar-refractivity contribution in [3.05, 3.63) is 47.1 Å². The van der Waals surface area contributed by atoms with Crippen molar-refractivity contribution in [2.45, 2.75) is 123 Å². The molecule has 7 heteroatoms. The van der Waals surface area contributed by atoms with Gasteiger partial charge < -0.3 is 19.6 Å². The molecule has 1 unspecified atom stereocenters. The minimum atomic E-state index is -2.01. The molecule has 1 saturated heterocycles. The molecular weight excluding hydrogens is 516 g/mol. The van der Waals surface area contributed by atoms with Crippen LogP contribution in [0.2, 0.25) is 18.1 Å². The zero-order valence-electron chi connectivity index (χ0n) is 26.4. The lowest BCUT2D eigenvalue weighted by Gasteiger charge is -2.45. The van der Waals surface area contributed by atoms with Gasteiger partial charge in [-0.25, -0.2) is 0 Å². The highest BCUT2D eigenvalue weighted by Gasteiger charge is 2.47. The van der Waals surface area contributed by atoms with Crippen molar-refractivity contribution in [3.8, 4) is 11.5 Å². The van der Waals surface area contributed by atoms with E-state index in [1.54, 1.807) is 0 Å². The van der Waals surface area contributed by atoms with Gasteiger partial charge in [0.2, 0.25) is 5.91 Å². The summed E-state index contributed by atoms with van der Waals surface area (Å²) in [5.41, 5.74) is 4.37. The molecule has 6 nitrogen and oxygen atoms in total. The van der Waals surface area contributed by atoms with Gasteiger partial charge in [0.1, 0.15) is 18.2 Å². The summed E-state index contributed by atoms with van der Waals surface area (Å²) in [5, 5.41) is 17.8.